The second-order valence-corrected chi connectivity index (χ2v) is 4.87. The van der Waals surface area contributed by atoms with Gasteiger partial charge in [0.2, 0.25) is 0 Å². The molecule has 0 saturated carbocycles. The Balaban J connectivity index is 2.81. The summed E-state index contributed by atoms with van der Waals surface area (Å²) in [5, 5.41) is 1.20. The fraction of sp³-hybridized carbons (Fsp3) is 0.100. The van der Waals surface area contributed by atoms with E-state index in [-0.39, 0.29) is 0 Å². The maximum absolute atomic E-state index is 4.49. The Kier molecular flexibility index (Phi) is 2.55. The molecule has 0 N–H and O–H groups in total. The standard InChI is InChI=1S/C10H7BrIN/c1-6-4-7-2-3-8(11)5-9(7)13-10(6)12/h2-5H,1H3. The number of benzene rings is 1. The molecule has 66 valence electrons. The van der Waals surface area contributed by atoms with Gasteiger partial charge in [-0.2, -0.15) is 0 Å². The van der Waals surface area contributed by atoms with Crippen molar-refractivity contribution in [2.75, 3.05) is 0 Å². The van der Waals surface area contributed by atoms with Crippen LogP contribution in [0.25, 0.3) is 10.9 Å². The lowest BCUT2D eigenvalue weighted by molar-refractivity contribution is 1.27. The highest BCUT2D eigenvalue weighted by Crippen LogP contribution is 2.21. The fourth-order valence-corrected chi connectivity index (χ4v) is 1.99. The minimum atomic E-state index is 1.05. The van der Waals surface area contributed by atoms with E-state index >= 15 is 0 Å². The zero-order valence-corrected chi connectivity index (χ0v) is 10.8. The van der Waals surface area contributed by atoms with Gasteiger partial charge < -0.3 is 0 Å². The Morgan fingerprint density at radius 1 is 1.31 bits per heavy atom. The number of halogens is 2. The number of aryl methyl sites for hydroxylation is 1. The van der Waals surface area contributed by atoms with Gasteiger partial charge >= 0.3 is 0 Å². The minimum Gasteiger partial charge on any atom is -0.242 e. The van der Waals surface area contributed by atoms with Gasteiger partial charge in [-0.1, -0.05) is 22.0 Å². The molecule has 0 saturated heterocycles. The highest BCUT2D eigenvalue weighted by Gasteiger charge is 2.00. The number of pyridine rings is 1. The summed E-state index contributed by atoms with van der Waals surface area (Å²) in [7, 11) is 0. The van der Waals surface area contributed by atoms with Crippen LogP contribution >= 0.6 is 38.5 Å². The first kappa shape index (κ1) is 9.40. The molecule has 0 aliphatic heterocycles. The SMILES string of the molecule is Cc1cc2ccc(Br)cc2nc1I. The smallest absolute Gasteiger partial charge is 0.105 e. The van der Waals surface area contributed by atoms with E-state index in [1.807, 2.05) is 12.1 Å². The van der Waals surface area contributed by atoms with Crippen molar-refractivity contribution in [3.05, 3.63) is 38.0 Å². The van der Waals surface area contributed by atoms with Crippen LogP contribution < -0.4 is 0 Å². The molecule has 1 nitrogen and oxygen atoms in total. The molecule has 0 aliphatic rings. The molecular formula is C10H7BrIN. The third kappa shape index (κ3) is 1.86. The molecule has 0 spiro atoms. The Morgan fingerprint density at radius 2 is 2.08 bits per heavy atom. The number of hydrogen-bond donors (Lipinski definition) is 0. The van der Waals surface area contributed by atoms with Gasteiger partial charge in [0.15, 0.2) is 0 Å². The zero-order valence-electron chi connectivity index (χ0n) is 7.01. The van der Waals surface area contributed by atoms with Crippen molar-refractivity contribution in [2.24, 2.45) is 0 Å². The van der Waals surface area contributed by atoms with Crippen LogP contribution in [0, 0.1) is 10.6 Å². The van der Waals surface area contributed by atoms with Gasteiger partial charge in [0.1, 0.15) is 3.70 Å². The molecule has 1 heterocycles. The van der Waals surface area contributed by atoms with E-state index in [1.54, 1.807) is 0 Å². The third-order valence-corrected chi connectivity index (χ3v) is 3.49. The largest absolute Gasteiger partial charge is 0.242 e. The first-order valence-electron chi connectivity index (χ1n) is 3.89. The first-order chi connectivity index (χ1) is 6.16. The van der Waals surface area contributed by atoms with Crippen molar-refractivity contribution in [1.29, 1.82) is 0 Å². The van der Waals surface area contributed by atoms with Crippen molar-refractivity contribution >= 4 is 49.4 Å². The van der Waals surface area contributed by atoms with Gasteiger partial charge in [-0.05, 0) is 53.3 Å². The molecule has 13 heavy (non-hydrogen) atoms. The van der Waals surface area contributed by atoms with Crippen molar-refractivity contribution < 1.29 is 0 Å². The molecule has 1 aromatic carbocycles. The normalized spacial score (nSPS) is 10.7. The quantitative estimate of drug-likeness (QED) is 0.520. The lowest BCUT2D eigenvalue weighted by Gasteiger charge is -2.01. The zero-order chi connectivity index (χ0) is 9.42. The molecule has 1 aromatic heterocycles. The molecule has 0 amide bonds. The molecule has 0 unspecified atom stereocenters. The lowest BCUT2D eigenvalue weighted by Crippen LogP contribution is -1.87. The summed E-state index contributed by atoms with van der Waals surface area (Å²) in [6.45, 7) is 2.08. The van der Waals surface area contributed by atoms with Gasteiger partial charge in [0.05, 0.1) is 5.52 Å². The first-order valence-corrected chi connectivity index (χ1v) is 5.76. The van der Waals surface area contributed by atoms with Crippen molar-refractivity contribution in [3.63, 3.8) is 0 Å². The van der Waals surface area contributed by atoms with Gasteiger partial charge in [0.25, 0.3) is 0 Å². The van der Waals surface area contributed by atoms with Crippen LogP contribution in [-0.2, 0) is 0 Å². The summed E-state index contributed by atoms with van der Waals surface area (Å²) in [6, 6.07) is 8.32. The van der Waals surface area contributed by atoms with Crippen LogP contribution in [0.1, 0.15) is 5.56 Å². The fourth-order valence-electron chi connectivity index (χ4n) is 1.22. The van der Waals surface area contributed by atoms with E-state index in [0.717, 1.165) is 13.7 Å². The predicted octanol–water partition coefficient (Wildman–Crippen LogP) is 3.91. The average molecular weight is 348 g/mol. The maximum atomic E-state index is 4.49. The Hall–Kier alpha value is -0.160. The molecule has 3 heteroatoms. The number of hydrogen-bond acceptors (Lipinski definition) is 1. The van der Waals surface area contributed by atoms with E-state index in [1.165, 1.54) is 10.9 Å². The second-order valence-electron chi connectivity index (χ2n) is 2.93. The summed E-state index contributed by atoms with van der Waals surface area (Å²) in [5.74, 6) is 0. The summed E-state index contributed by atoms with van der Waals surface area (Å²) in [6.07, 6.45) is 0. The summed E-state index contributed by atoms with van der Waals surface area (Å²) >= 11 is 5.69. The van der Waals surface area contributed by atoms with Crippen molar-refractivity contribution in [2.45, 2.75) is 6.92 Å². The molecule has 2 rings (SSSR count). The van der Waals surface area contributed by atoms with Gasteiger partial charge in [0, 0.05) is 9.86 Å². The highest BCUT2D eigenvalue weighted by molar-refractivity contribution is 14.1. The Labute approximate surface area is 98.8 Å². The van der Waals surface area contributed by atoms with Crippen LogP contribution in [0.15, 0.2) is 28.7 Å². The average Bonchev–Trinajstić information content (AvgIpc) is 2.08. The summed E-state index contributed by atoms with van der Waals surface area (Å²) in [5.41, 5.74) is 2.28. The minimum absolute atomic E-state index is 1.05. The van der Waals surface area contributed by atoms with E-state index in [2.05, 4.69) is 62.6 Å². The molecule has 0 atom stereocenters. The molecule has 0 bridgehead atoms. The molecule has 2 aromatic rings. The van der Waals surface area contributed by atoms with E-state index < -0.39 is 0 Å². The molecule has 0 aliphatic carbocycles. The highest BCUT2D eigenvalue weighted by atomic mass is 127. The topological polar surface area (TPSA) is 12.9 Å². The second kappa shape index (κ2) is 3.53. The Bertz CT molecular complexity index is 468. The van der Waals surface area contributed by atoms with Crippen LogP contribution in [0.2, 0.25) is 0 Å². The van der Waals surface area contributed by atoms with Gasteiger partial charge in [-0.3, -0.25) is 0 Å². The van der Waals surface area contributed by atoms with E-state index in [0.29, 0.717) is 0 Å². The number of rotatable bonds is 0. The molecule has 0 radical (unpaired) electrons. The molecule has 0 fully saturated rings. The number of fused-ring (bicyclic) bond motifs is 1. The maximum Gasteiger partial charge on any atom is 0.105 e. The van der Waals surface area contributed by atoms with Crippen LogP contribution in [-0.4, -0.2) is 4.98 Å². The van der Waals surface area contributed by atoms with E-state index in [4.69, 9.17) is 0 Å². The van der Waals surface area contributed by atoms with Crippen LogP contribution in [0.5, 0.6) is 0 Å². The number of nitrogens with zero attached hydrogens (tertiary/aromatic N) is 1. The van der Waals surface area contributed by atoms with Crippen LogP contribution in [0.3, 0.4) is 0 Å². The van der Waals surface area contributed by atoms with Crippen molar-refractivity contribution in [1.82, 2.24) is 4.98 Å². The van der Waals surface area contributed by atoms with E-state index in [9.17, 15) is 0 Å². The monoisotopic (exact) mass is 347 g/mol. The predicted molar refractivity (Wildman–Crippen MR) is 66.9 cm³/mol. The third-order valence-electron chi connectivity index (χ3n) is 1.91. The van der Waals surface area contributed by atoms with Gasteiger partial charge in [-0.25, -0.2) is 4.98 Å². The Morgan fingerprint density at radius 3 is 2.85 bits per heavy atom. The summed E-state index contributed by atoms with van der Waals surface area (Å²) in [4.78, 5) is 4.49. The number of aromatic nitrogens is 1. The molecular weight excluding hydrogens is 341 g/mol. The van der Waals surface area contributed by atoms with Gasteiger partial charge in [-0.15, -0.1) is 0 Å². The lowest BCUT2D eigenvalue weighted by atomic mass is 10.2. The van der Waals surface area contributed by atoms with Crippen molar-refractivity contribution in [3.8, 4) is 0 Å². The van der Waals surface area contributed by atoms with Crippen LogP contribution in [0.4, 0.5) is 0 Å². The summed E-state index contributed by atoms with van der Waals surface area (Å²) < 4.78 is 2.15.